The van der Waals surface area contributed by atoms with Gasteiger partial charge in [0.15, 0.2) is 5.58 Å². The zero-order valence-electron chi connectivity index (χ0n) is 16.0. The SMILES string of the molecule is O=C(c1cccc(Cl)c1)N1CCC[C@@H]1c1nc2cc(-c3cccc(F)c3)ccc2o1. The van der Waals surface area contributed by atoms with Gasteiger partial charge in [0.2, 0.25) is 5.89 Å². The van der Waals surface area contributed by atoms with Gasteiger partial charge in [-0.25, -0.2) is 9.37 Å². The van der Waals surface area contributed by atoms with E-state index in [0.717, 1.165) is 24.0 Å². The molecule has 1 aliphatic heterocycles. The molecular weight excluding hydrogens is 403 g/mol. The normalized spacial score (nSPS) is 16.3. The molecule has 1 fully saturated rings. The van der Waals surface area contributed by atoms with Crippen LogP contribution in [-0.4, -0.2) is 22.3 Å². The van der Waals surface area contributed by atoms with Gasteiger partial charge < -0.3 is 9.32 Å². The standard InChI is InChI=1S/C24H18ClFN2O2/c25-18-6-1-5-17(12-18)24(29)28-11-3-8-21(28)23-27-20-14-16(9-10-22(20)30-23)15-4-2-7-19(26)13-15/h1-2,4-7,9-10,12-14,21H,3,8,11H2/t21-/m1/s1. The number of carbonyl (C=O) groups excluding carboxylic acids is 1. The van der Waals surface area contributed by atoms with Crippen LogP contribution in [0.2, 0.25) is 5.02 Å². The van der Waals surface area contributed by atoms with E-state index in [1.165, 1.54) is 12.1 Å². The Balaban J connectivity index is 1.47. The summed E-state index contributed by atoms with van der Waals surface area (Å²) in [5.74, 6) is 0.159. The van der Waals surface area contributed by atoms with Crippen molar-refractivity contribution in [1.82, 2.24) is 9.88 Å². The molecule has 6 heteroatoms. The van der Waals surface area contributed by atoms with Crippen molar-refractivity contribution in [1.29, 1.82) is 0 Å². The molecule has 1 aromatic heterocycles. The predicted octanol–water partition coefficient (Wildman–Crippen LogP) is 6.26. The number of rotatable bonds is 3. The summed E-state index contributed by atoms with van der Waals surface area (Å²) in [7, 11) is 0. The molecule has 1 aliphatic rings. The quantitative estimate of drug-likeness (QED) is 0.392. The fraction of sp³-hybridized carbons (Fsp3) is 0.167. The van der Waals surface area contributed by atoms with Crippen LogP contribution in [-0.2, 0) is 0 Å². The Hall–Kier alpha value is -3.18. The van der Waals surface area contributed by atoms with Gasteiger partial charge in [0.05, 0.1) is 0 Å². The van der Waals surface area contributed by atoms with Crippen LogP contribution in [0.5, 0.6) is 0 Å². The number of halogens is 2. The molecule has 1 amide bonds. The highest BCUT2D eigenvalue weighted by Crippen LogP contribution is 2.35. The van der Waals surface area contributed by atoms with Crippen molar-refractivity contribution in [3.63, 3.8) is 0 Å². The molecule has 4 nitrogen and oxygen atoms in total. The first kappa shape index (κ1) is 18.8. The fourth-order valence-corrected chi connectivity index (χ4v) is 4.18. The molecule has 3 aromatic carbocycles. The second-order valence-corrected chi connectivity index (χ2v) is 7.85. The Morgan fingerprint density at radius 1 is 1.07 bits per heavy atom. The van der Waals surface area contributed by atoms with E-state index >= 15 is 0 Å². The highest BCUT2D eigenvalue weighted by Gasteiger charge is 2.34. The third kappa shape index (κ3) is 3.46. The van der Waals surface area contributed by atoms with E-state index in [-0.39, 0.29) is 17.8 Å². The van der Waals surface area contributed by atoms with Crippen molar-refractivity contribution in [2.45, 2.75) is 18.9 Å². The summed E-state index contributed by atoms with van der Waals surface area (Å²) in [6.45, 7) is 0.642. The first-order chi connectivity index (χ1) is 14.6. The number of carbonyl (C=O) groups is 1. The third-order valence-corrected chi connectivity index (χ3v) is 5.67. The molecule has 0 saturated carbocycles. The highest BCUT2D eigenvalue weighted by molar-refractivity contribution is 6.30. The Morgan fingerprint density at radius 3 is 2.73 bits per heavy atom. The molecule has 1 saturated heterocycles. The molecule has 1 atom stereocenters. The van der Waals surface area contributed by atoms with Crippen LogP contribution in [0.4, 0.5) is 4.39 Å². The van der Waals surface area contributed by atoms with Crippen LogP contribution in [0.1, 0.15) is 35.1 Å². The van der Waals surface area contributed by atoms with Crippen LogP contribution in [0.15, 0.2) is 71.1 Å². The molecule has 0 bridgehead atoms. The van der Waals surface area contributed by atoms with Gasteiger partial charge in [-0.05, 0) is 66.4 Å². The van der Waals surface area contributed by atoms with E-state index in [0.29, 0.717) is 34.1 Å². The summed E-state index contributed by atoms with van der Waals surface area (Å²) in [4.78, 5) is 19.5. The van der Waals surface area contributed by atoms with Crippen LogP contribution in [0, 0.1) is 5.82 Å². The van der Waals surface area contributed by atoms with Crippen LogP contribution in [0.25, 0.3) is 22.2 Å². The smallest absolute Gasteiger partial charge is 0.254 e. The molecule has 0 spiro atoms. The number of hydrogen-bond donors (Lipinski definition) is 0. The number of likely N-dealkylation sites (tertiary alicyclic amines) is 1. The van der Waals surface area contributed by atoms with Gasteiger partial charge >= 0.3 is 0 Å². The maximum atomic E-state index is 13.6. The van der Waals surface area contributed by atoms with E-state index in [1.54, 1.807) is 35.2 Å². The van der Waals surface area contributed by atoms with Gasteiger partial charge in [-0.15, -0.1) is 0 Å². The van der Waals surface area contributed by atoms with Crippen LogP contribution in [0.3, 0.4) is 0 Å². The summed E-state index contributed by atoms with van der Waals surface area (Å²) < 4.78 is 19.6. The second-order valence-electron chi connectivity index (χ2n) is 7.41. The lowest BCUT2D eigenvalue weighted by atomic mass is 10.1. The van der Waals surface area contributed by atoms with Gasteiger partial charge in [0.25, 0.3) is 5.91 Å². The lowest BCUT2D eigenvalue weighted by Gasteiger charge is -2.22. The molecule has 0 N–H and O–H groups in total. The number of fused-ring (bicyclic) bond motifs is 1. The number of oxazole rings is 1. The summed E-state index contributed by atoms with van der Waals surface area (Å²) in [5, 5.41) is 0.531. The van der Waals surface area contributed by atoms with Crippen molar-refractivity contribution in [2.75, 3.05) is 6.54 Å². The first-order valence-electron chi connectivity index (χ1n) is 9.81. The van der Waals surface area contributed by atoms with Crippen LogP contribution >= 0.6 is 11.6 Å². The second kappa shape index (κ2) is 7.58. The summed E-state index contributed by atoms with van der Waals surface area (Å²) >= 11 is 6.05. The summed E-state index contributed by atoms with van der Waals surface area (Å²) in [6, 6.07) is 18.8. The first-order valence-corrected chi connectivity index (χ1v) is 10.2. The monoisotopic (exact) mass is 420 g/mol. The molecule has 4 aromatic rings. The molecule has 2 heterocycles. The Morgan fingerprint density at radius 2 is 1.90 bits per heavy atom. The summed E-state index contributed by atoms with van der Waals surface area (Å²) in [5.41, 5.74) is 3.53. The van der Waals surface area contributed by atoms with E-state index in [4.69, 9.17) is 16.0 Å². The molecule has 0 radical (unpaired) electrons. The minimum absolute atomic E-state index is 0.0808. The number of aromatic nitrogens is 1. The van der Waals surface area contributed by atoms with E-state index in [1.807, 2.05) is 24.3 Å². The molecular formula is C24H18ClFN2O2. The van der Waals surface area contributed by atoms with E-state index in [2.05, 4.69) is 4.98 Å². The Kier molecular flexibility index (Phi) is 4.75. The molecule has 150 valence electrons. The van der Waals surface area contributed by atoms with E-state index < -0.39 is 0 Å². The van der Waals surface area contributed by atoms with Gasteiger partial charge in [-0.1, -0.05) is 35.9 Å². The summed E-state index contributed by atoms with van der Waals surface area (Å²) in [6.07, 6.45) is 1.67. The lowest BCUT2D eigenvalue weighted by Crippen LogP contribution is -2.30. The number of hydrogen-bond acceptors (Lipinski definition) is 3. The van der Waals surface area contributed by atoms with Gasteiger partial charge in [-0.3, -0.25) is 4.79 Å². The zero-order valence-corrected chi connectivity index (χ0v) is 16.8. The number of amides is 1. The van der Waals surface area contributed by atoms with Gasteiger partial charge in [-0.2, -0.15) is 0 Å². The van der Waals surface area contributed by atoms with Gasteiger partial charge in [0, 0.05) is 17.1 Å². The minimum atomic E-state index is -0.283. The highest BCUT2D eigenvalue weighted by atomic mass is 35.5. The zero-order chi connectivity index (χ0) is 20.7. The Bertz CT molecular complexity index is 1250. The van der Waals surface area contributed by atoms with Gasteiger partial charge in [0.1, 0.15) is 17.4 Å². The number of nitrogens with zero attached hydrogens (tertiary/aromatic N) is 2. The molecule has 5 rings (SSSR count). The van der Waals surface area contributed by atoms with Crippen molar-refractivity contribution in [3.8, 4) is 11.1 Å². The maximum absolute atomic E-state index is 13.6. The number of benzene rings is 3. The fourth-order valence-electron chi connectivity index (χ4n) is 3.99. The third-order valence-electron chi connectivity index (χ3n) is 5.43. The molecule has 0 aliphatic carbocycles. The van der Waals surface area contributed by atoms with Crippen molar-refractivity contribution >= 4 is 28.6 Å². The Labute approximate surface area is 177 Å². The topological polar surface area (TPSA) is 46.3 Å². The maximum Gasteiger partial charge on any atom is 0.254 e. The van der Waals surface area contributed by atoms with Crippen LogP contribution < -0.4 is 0 Å². The minimum Gasteiger partial charge on any atom is -0.438 e. The molecule has 0 unspecified atom stereocenters. The average Bonchev–Trinajstić information content (AvgIpc) is 3.39. The predicted molar refractivity (Wildman–Crippen MR) is 114 cm³/mol. The average molecular weight is 421 g/mol. The van der Waals surface area contributed by atoms with Crippen molar-refractivity contribution in [3.05, 3.63) is 89.0 Å². The van der Waals surface area contributed by atoms with Crippen molar-refractivity contribution < 1.29 is 13.6 Å². The van der Waals surface area contributed by atoms with Crippen molar-refractivity contribution in [2.24, 2.45) is 0 Å². The molecule has 30 heavy (non-hydrogen) atoms. The largest absolute Gasteiger partial charge is 0.438 e. The lowest BCUT2D eigenvalue weighted by molar-refractivity contribution is 0.0717. The van der Waals surface area contributed by atoms with E-state index in [9.17, 15) is 9.18 Å².